The zero-order valence-corrected chi connectivity index (χ0v) is 20.9. The molecule has 5 rings (SSSR count). The van der Waals surface area contributed by atoms with E-state index < -0.39 is 0 Å². The summed E-state index contributed by atoms with van der Waals surface area (Å²) in [6.45, 7) is 9.85. The van der Waals surface area contributed by atoms with E-state index in [4.69, 9.17) is 4.74 Å². The summed E-state index contributed by atoms with van der Waals surface area (Å²) in [5.41, 5.74) is 3.70. The minimum absolute atomic E-state index is 0.0481. The fourth-order valence-corrected chi connectivity index (χ4v) is 5.81. The third-order valence-corrected chi connectivity index (χ3v) is 7.66. The first kappa shape index (κ1) is 22.7. The van der Waals surface area contributed by atoms with Crippen LogP contribution in [0.4, 0.5) is 5.69 Å². The normalized spacial score (nSPS) is 15.9. The third-order valence-electron chi connectivity index (χ3n) is 6.59. The molecule has 2 aromatic carbocycles. The number of piperazine rings is 1. The SMILES string of the molecule is COc1ccc(N2CCN([C@H](c3ccc(C(C)C)cc3)c3sc4nc(C)nn4c3O)CC2)cc1. The van der Waals surface area contributed by atoms with Gasteiger partial charge in [0, 0.05) is 31.9 Å². The summed E-state index contributed by atoms with van der Waals surface area (Å²) in [6, 6.07) is 17.0. The Labute approximate surface area is 204 Å². The van der Waals surface area contributed by atoms with Crippen LogP contribution >= 0.6 is 11.3 Å². The molecule has 1 atom stereocenters. The monoisotopic (exact) mass is 477 g/mol. The van der Waals surface area contributed by atoms with Crippen LogP contribution < -0.4 is 9.64 Å². The van der Waals surface area contributed by atoms with Crippen molar-refractivity contribution in [2.45, 2.75) is 32.7 Å². The molecule has 178 valence electrons. The molecule has 0 saturated carbocycles. The fourth-order valence-electron chi connectivity index (χ4n) is 4.65. The van der Waals surface area contributed by atoms with Gasteiger partial charge in [0.1, 0.15) is 11.6 Å². The van der Waals surface area contributed by atoms with Crippen molar-refractivity contribution in [1.29, 1.82) is 0 Å². The van der Waals surface area contributed by atoms with Gasteiger partial charge >= 0.3 is 0 Å². The van der Waals surface area contributed by atoms with Gasteiger partial charge < -0.3 is 14.7 Å². The number of hydrogen-bond acceptors (Lipinski definition) is 7. The molecule has 7 nitrogen and oxygen atoms in total. The molecule has 0 aliphatic carbocycles. The summed E-state index contributed by atoms with van der Waals surface area (Å²) in [5.74, 6) is 2.20. The summed E-state index contributed by atoms with van der Waals surface area (Å²) in [5, 5.41) is 15.5. The van der Waals surface area contributed by atoms with Crippen LogP contribution in [-0.2, 0) is 0 Å². The number of aryl methyl sites for hydroxylation is 1. The van der Waals surface area contributed by atoms with Crippen molar-refractivity contribution in [2.24, 2.45) is 0 Å². The molecule has 1 fully saturated rings. The predicted octanol–water partition coefficient (Wildman–Crippen LogP) is 4.85. The Balaban J connectivity index is 1.44. The molecule has 0 radical (unpaired) electrons. The maximum atomic E-state index is 11.1. The van der Waals surface area contributed by atoms with Crippen molar-refractivity contribution in [3.63, 3.8) is 0 Å². The zero-order valence-electron chi connectivity index (χ0n) is 20.1. The highest BCUT2D eigenvalue weighted by atomic mass is 32.1. The van der Waals surface area contributed by atoms with E-state index in [1.165, 1.54) is 28.2 Å². The van der Waals surface area contributed by atoms with Gasteiger partial charge in [-0.05, 0) is 48.2 Å². The predicted molar refractivity (Wildman–Crippen MR) is 136 cm³/mol. The van der Waals surface area contributed by atoms with Gasteiger partial charge in [-0.25, -0.2) is 4.98 Å². The lowest BCUT2D eigenvalue weighted by molar-refractivity contribution is 0.211. The second-order valence-corrected chi connectivity index (χ2v) is 10.1. The van der Waals surface area contributed by atoms with Gasteiger partial charge in [-0.1, -0.05) is 49.4 Å². The van der Waals surface area contributed by atoms with E-state index in [-0.39, 0.29) is 11.9 Å². The van der Waals surface area contributed by atoms with Crippen molar-refractivity contribution >= 4 is 22.0 Å². The number of benzene rings is 2. The van der Waals surface area contributed by atoms with Gasteiger partial charge in [-0.2, -0.15) is 4.52 Å². The van der Waals surface area contributed by atoms with E-state index >= 15 is 0 Å². The van der Waals surface area contributed by atoms with Gasteiger partial charge in [-0.15, -0.1) is 5.10 Å². The van der Waals surface area contributed by atoms with Crippen molar-refractivity contribution in [2.75, 3.05) is 38.2 Å². The molecular formula is C26H31N5O2S. The second-order valence-electron chi connectivity index (χ2n) is 9.09. The van der Waals surface area contributed by atoms with Crippen molar-refractivity contribution in [3.05, 3.63) is 70.4 Å². The van der Waals surface area contributed by atoms with Gasteiger partial charge in [0.15, 0.2) is 0 Å². The maximum Gasteiger partial charge on any atom is 0.230 e. The van der Waals surface area contributed by atoms with Gasteiger partial charge in [0.2, 0.25) is 10.8 Å². The first-order valence-electron chi connectivity index (χ1n) is 11.7. The molecule has 4 aromatic rings. The summed E-state index contributed by atoms with van der Waals surface area (Å²) in [7, 11) is 1.69. The molecular weight excluding hydrogens is 446 g/mol. The number of anilines is 1. The maximum absolute atomic E-state index is 11.1. The molecule has 0 spiro atoms. The zero-order chi connectivity index (χ0) is 23.8. The minimum atomic E-state index is -0.0481. The molecule has 1 aliphatic heterocycles. The number of nitrogens with zero attached hydrogens (tertiary/aromatic N) is 5. The molecule has 2 aromatic heterocycles. The van der Waals surface area contributed by atoms with Gasteiger partial charge in [-0.3, -0.25) is 4.90 Å². The topological polar surface area (TPSA) is 66.1 Å². The molecule has 1 aliphatic rings. The van der Waals surface area contributed by atoms with Crippen molar-refractivity contribution in [3.8, 4) is 11.6 Å². The first-order valence-corrected chi connectivity index (χ1v) is 12.5. The van der Waals surface area contributed by atoms with E-state index in [2.05, 4.69) is 70.1 Å². The highest BCUT2D eigenvalue weighted by Crippen LogP contribution is 2.40. The van der Waals surface area contributed by atoms with E-state index in [0.717, 1.165) is 41.8 Å². The van der Waals surface area contributed by atoms with Gasteiger partial charge in [0.25, 0.3) is 0 Å². The quantitative estimate of drug-likeness (QED) is 0.428. The summed E-state index contributed by atoms with van der Waals surface area (Å²) < 4.78 is 6.87. The third kappa shape index (κ3) is 4.23. The van der Waals surface area contributed by atoms with Crippen LogP contribution in [0, 0.1) is 6.92 Å². The number of rotatable bonds is 6. The number of methoxy groups -OCH3 is 1. The number of ether oxygens (including phenoxy) is 1. The second kappa shape index (κ2) is 9.27. The van der Waals surface area contributed by atoms with Crippen LogP contribution in [0.2, 0.25) is 0 Å². The average Bonchev–Trinajstić information content (AvgIpc) is 3.37. The Bertz CT molecular complexity index is 1260. The van der Waals surface area contributed by atoms with Crippen LogP contribution in [-0.4, -0.2) is 57.9 Å². The van der Waals surface area contributed by atoms with Crippen molar-refractivity contribution in [1.82, 2.24) is 19.5 Å². The van der Waals surface area contributed by atoms with Crippen LogP contribution in [0.15, 0.2) is 48.5 Å². The summed E-state index contributed by atoms with van der Waals surface area (Å²) in [4.78, 5) is 11.0. The van der Waals surface area contributed by atoms with Crippen LogP contribution in [0.25, 0.3) is 4.96 Å². The van der Waals surface area contributed by atoms with Gasteiger partial charge in [0.05, 0.1) is 18.0 Å². The lowest BCUT2D eigenvalue weighted by atomic mass is 9.97. The number of aromatic hydroxyl groups is 1. The Hall–Kier alpha value is -3.10. The van der Waals surface area contributed by atoms with Crippen LogP contribution in [0.1, 0.15) is 47.6 Å². The number of thiazole rings is 1. The molecule has 0 unspecified atom stereocenters. The number of fused-ring (bicyclic) bond motifs is 1. The Morgan fingerprint density at radius 3 is 2.18 bits per heavy atom. The molecule has 1 N–H and O–H groups in total. The Kier molecular flexibility index (Phi) is 6.18. The number of hydrogen-bond donors (Lipinski definition) is 1. The lowest BCUT2D eigenvalue weighted by Crippen LogP contribution is -2.47. The molecule has 1 saturated heterocycles. The van der Waals surface area contributed by atoms with E-state index in [9.17, 15) is 5.11 Å². The largest absolute Gasteiger partial charge is 0.497 e. The molecule has 8 heteroatoms. The smallest absolute Gasteiger partial charge is 0.230 e. The molecule has 34 heavy (non-hydrogen) atoms. The van der Waals surface area contributed by atoms with E-state index in [1.807, 2.05) is 19.1 Å². The highest BCUT2D eigenvalue weighted by molar-refractivity contribution is 7.17. The van der Waals surface area contributed by atoms with E-state index in [1.54, 1.807) is 11.6 Å². The molecule has 0 amide bonds. The van der Waals surface area contributed by atoms with Crippen molar-refractivity contribution < 1.29 is 9.84 Å². The number of aromatic nitrogens is 3. The first-order chi connectivity index (χ1) is 16.4. The summed E-state index contributed by atoms with van der Waals surface area (Å²) >= 11 is 1.52. The van der Waals surface area contributed by atoms with Crippen LogP contribution in [0.3, 0.4) is 0 Å². The standard InChI is InChI=1S/C26H31N5O2S/c1-17(2)19-5-7-20(8-6-19)23(24-25(32)31-26(34-24)27-18(3)28-31)30-15-13-29(14-16-30)21-9-11-22(33-4)12-10-21/h5-12,17,23,32H,13-16H2,1-4H3/t23-/m1/s1. The average molecular weight is 478 g/mol. The Morgan fingerprint density at radius 1 is 0.941 bits per heavy atom. The summed E-state index contributed by atoms with van der Waals surface area (Å²) in [6.07, 6.45) is 0. The molecule has 0 bridgehead atoms. The highest BCUT2D eigenvalue weighted by Gasteiger charge is 2.31. The minimum Gasteiger partial charge on any atom is -0.497 e. The van der Waals surface area contributed by atoms with E-state index in [0.29, 0.717) is 11.7 Å². The van der Waals surface area contributed by atoms with Crippen LogP contribution in [0.5, 0.6) is 11.6 Å². The Morgan fingerprint density at radius 2 is 1.59 bits per heavy atom. The lowest BCUT2D eigenvalue weighted by Gasteiger charge is -2.40. The fraction of sp³-hybridized carbons (Fsp3) is 0.385. The molecule has 3 heterocycles.